The van der Waals surface area contributed by atoms with Crippen LogP contribution in [0.25, 0.3) is 0 Å². The molecule has 0 fully saturated rings. The second-order valence-corrected chi connectivity index (χ2v) is 6.30. The van der Waals surface area contributed by atoms with E-state index in [0.717, 1.165) is 29.1 Å². The number of aromatic nitrogens is 2. The van der Waals surface area contributed by atoms with E-state index < -0.39 is 6.10 Å². The van der Waals surface area contributed by atoms with E-state index in [4.69, 9.17) is 4.74 Å². The van der Waals surface area contributed by atoms with E-state index in [2.05, 4.69) is 24.3 Å². The Bertz CT molecular complexity index is 667. The van der Waals surface area contributed by atoms with Crippen molar-refractivity contribution < 1.29 is 9.84 Å². The molecule has 1 aromatic carbocycles. The molecule has 0 bridgehead atoms. The summed E-state index contributed by atoms with van der Waals surface area (Å²) in [5.74, 6) is 0. The van der Waals surface area contributed by atoms with Gasteiger partial charge in [0.2, 0.25) is 0 Å². The lowest BCUT2D eigenvalue weighted by Crippen LogP contribution is -2.25. The lowest BCUT2D eigenvalue weighted by atomic mass is 10.0. The first-order valence-corrected chi connectivity index (χ1v) is 8.45. The topological polar surface area (TPSA) is 59.3 Å². The predicted molar refractivity (Wildman–Crippen MR) is 96.1 cm³/mol. The van der Waals surface area contributed by atoms with Crippen LogP contribution in [0.15, 0.2) is 24.3 Å². The van der Waals surface area contributed by atoms with Gasteiger partial charge in [-0.25, -0.2) is 0 Å². The van der Waals surface area contributed by atoms with Gasteiger partial charge in [0.15, 0.2) is 0 Å². The Hall–Kier alpha value is -1.69. The van der Waals surface area contributed by atoms with Crippen LogP contribution in [0.1, 0.15) is 47.1 Å². The molecule has 2 unspecified atom stereocenters. The molecule has 0 radical (unpaired) electrons. The van der Waals surface area contributed by atoms with Gasteiger partial charge in [-0.2, -0.15) is 5.10 Å². The highest BCUT2D eigenvalue weighted by atomic mass is 16.5. The summed E-state index contributed by atoms with van der Waals surface area (Å²) in [6, 6.07) is 8.08. The van der Waals surface area contributed by atoms with Gasteiger partial charge in [0.25, 0.3) is 0 Å². The number of methoxy groups -OCH3 is 1. The van der Waals surface area contributed by atoms with E-state index in [9.17, 15) is 5.11 Å². The van der Waals surface area contributed by atoms with Gasteiger partial charge in [-0.05, 0) is 38.8 Å². The summed E-state index contributed by atoms with van der Waals surface area (Å²) < 4.78 is 7.13. The summed E-state index contributed by atoms with van der Waals surface area (Å²) in [5.41, 5.74) is 5.45. The van der Waals surface area contributed by atoms with Crippen molar-refractivity contribution >= 4 is 0 Å². The third-order valence-electron chi connectivity index (χ3n) is 4.54. The van der Waals surface area contributed by atoms with Gasteiger partial charge in [-0.1, -0.05) is 24.3 Å². The van der Waals surface area contributed by atoms with Crippen molar-refractivity contribution in [3.8, 4) is 0 Å². The lowest BCUT2D eigenvalue weighted by molar-refractivity contribution is 0.170. The van der Waals surface area contributed by atoms with Crippen LogP contribution in [0.3, 0.4) is 0 Å². The van der Waals surface area contributed by atoms with Crippen LogP contribution >= 0.6 is 0 Å². The molecule has 0 spiro atoms. The van der Waals surface area contributed by atoms with Crippen LogP contribution in [0.4, 0.5) is 0 Å². The average Bonchev–Trinajstić information content (AvgIpc) is 2.84. The van der Waals surface area contributed by atoms with E-state index in [0.29, 0.717) is 13.2 Å². The smallest absolute Gasteiger partial charge is 0.0917 e. The minimum absolute atomic E-state index is 0.125. The summed E-state index contributed by atoms with van der Waals surface area (Å²) in [7, 11) is 1.70. The molecule has 5 nitrogen and oxygen atoms in total. The van der Waals surface area contributed by atoms with E-state index in [1.165, 1.54) is 5.56 Å². The van der Waals surface area contributed by atoms with Crippen LogP contribution in [0.5, 0.6) is 0 Å². The molecular formula is C19H29N3O2. The Balaban J connectivity index is 2.03. The molecule has 2 rings (SSSR count). The number of nitrogens with one attached hydrogen (secondary N) is 1. The fourth-order valence-electron chi connectivity index (χ4n) is 3.19. The number of hydrogen-bond donors (Lipinski definition) is 2. The number of hydrogen-bond acceptors (Lipinski definition) is 4. The van der Waals surface area contributed by atoms with Gasteiger partial charge in [0.1, 0.15) is 0 Å². The van der Waals surface area contributed by atoms with E-state index >= 15 is 0 Å². The largest absolute Gasteiger partial charge is 0.387 e. The average molecular weight is 331 g/mol. The normalized spacial score (nSPS) is 13.9. The van der Waals surface area contributed by atoms with Crippen LogP contribution < -0.4 is 5.32 Å². The highest BCUT2D eigenvalue weighted by Crippen LogP contribution is 2.23. The quantitative estimate of drug-likeness (QED) is 0.781. The molecular weight excluding hydrogens is 302 g/mol. The van der Waals surface area contributed by atoms with Gasteiger partial charge >= 0.3 is 0 Å². The summed E-state index contributed by atoms with van der Waals surface area (Å²) >= 11 is 0. The maximum Gasteiger partial charge on any atom is 0.0917 e. The number of aliphatic hydroxyl groups excluding tert-OH is 1. The summed E-state index contributed by atoms with van der Waals surface area (Å²) in [6.45, 7) is 10.2. The Morgan fingerprint density at radius 1 is 1.25 bits per heavy atom. The van der Waals surface area contributed by atoms with Crippen molar-refractivity contribution in [3.05, 3.63) is 52.3 Å². The molecule has 2 atom stereocenters. The van der Waals surface area contributed by atoms with Crippen LogP contribution in [-0.4, -0.2) is 35.1 Å². The van der Waals surface area contributed by atoms with Crippen LogP contribution in [-0.2, 0) is 11.3 Å². The number of benzene rings is 1. The minimum Gasteiger partial charge on any atom is -0.387 e. The third-order valence-corrected chi connectivity index (χ3v) is 4.54. The number of rotatable bonds is 8. The number of aryl methyl sites for hydroxylation is 2. The zero-order valence-electron chi connectivity index (χ0n) is 15.3. The Morgan fingerprint density at radius 2 is 1.96 bits per heavy atom. The molecule has 0 aliphatic heterocycles. The summed E-state index contributed by atoms with van der Waals surface area (Å²) in [5, 5.41) is 18.5. The van der Waals surface area contributed by atoms with Crippen molar-refractivity contribution in [3.63, 3.8) is 0 Å². The van der Waals surface area contributed by atoms with E-state index in [1.807, 2.05) is 42.8 Å². The van der Waals surface area contributed by atoms with Crippen molar-refractivity contribution in [2.24, 2.45) is 0 Å². The van der Waals surface area contributed by atoms with Crippen LogP contribution in [0, 0.1) is 20.8 Å². The van der Waals surface area contributed by atoms with Gasteiger partial charge in [0.05, 0.1) is 24.9 Å². The van der Waals surface area contributed by atoms with Crippen molar-refractivity contribution in [2.45, 2.75) is 46.4 Å². The van der Waals surface area contributed by atoms with Gasteiger partial charge < -0.3 is 15.2 Å². The maximum atomic E-state index is 10.5. The molecule has 132 valence electrons. The monoisotopic (exact) mass is 331 g/mol. The van der Waals surface area contributed by atoms with Gasteiger partial charge in [0, 0.05) is 31.0 Å². The first-order valence-electron chi connectivity index (χ1n) is 8.45. The highest BCUT2D eigenvalue weighted by Gasteiger charge is 2.18. The number of ether oxygens (including phenoxy) is 1. The van der Waals surface area contributed by atoms with Gasteiger partial charge in [-0.3, -0.25) is 4.68 Å². The molecule has 0 aliphatic rings. The maximum absolute atomic E-state index is 10.5. The molecule has 2 N–H and O–H groups in total. The molecule has 24 heavy (non-hydrogen) atoms. The van der Waals surface area contributed by atoms with E-state index in [-0.39, 0.29) is 6.04 Å². The van der Waals surface area contributed by atoms with Gasteiger partial charge in [-0.15, -0.1) is 0 Å². The third kappa shape index (κ3) is 4.23. The zero-order chi connectivity index (χ0) is 17.7. The Kier molecular flexibility index (Phi) is 6.54. The standard InChI is InChI=1S/C19H29N3O2/c1-13-8-6-7-9-17(13)18(23)12-20-14(2)19-15(3)21-22(16(19)4)10-11-24-5/h6-9,14,18,20,23H,10-12H2,1-5H3. The van der Waals surface area contributed by atoms with E-state index in [1.54, 1.807) is 7.11 Å². The highest BCUT2D eigenvalue weighted by molar-refractivity contribution is 5.29. The van der Waals surface area contributed by atoms with Crippen molar-refractivity contribution in [2.75, 3.05) is 20.3 Å². The first kappa shape index (κ1) is 18.6. The molecule has 0 saturated carbocycles. The first-order chi connectivity index (χ1) is 11.5. The molecule has 0 aliphatic carbocycles. The molecule has 0 saturated heterocycles. The van der Waals surface area contributed by atoms with Crippen molar-refractivity contribution in [1.29, 1.82) is 0 Å². The summed E-state index contributed by atoms with van der Waals surface area (Å²) in [6.07, 6.45) is -0.516. The molecule has 2 aromatic rings. The number of nitrogens with zero attached hydrogens (tertiary/aromatic N) is 2. The zero-order valence-corrected chi connectivity index (χ0v) is 15.3. The fourth-order valence-corrected chi connectivity index (χ4v) is 3.19. The minimum atomic E-state index is -0.516. The van der Waals surface area contributed by atoms with Crippen LogP contribution in [0.2, 0.25) is 0 Å². The number of aliphatic hydroxyl groups is 1. The Morgan fingerprint density at radius 3 is 2.62 bits per heavy atom. The Labute approximate surface area is 144 Å². The van der Waals surface area contributed by atoms with Crippen molar-refractivity contribution in [1.82, 2.24) is 15.1 Å². The fraction of sp³-hybridized carbons (Fsp3) is 0.526. The molecule has 0 amide bonds. The second-order valence-electron chi connectivity index (χ2n) is 6.30. The molecule has 1 heterocycles. The SMILES string of the molecule is COCCn1nc(C)c(C(C)NCC(O)c2ccccc2C)c1C. The summed E-state index contributed by atoms with van der Waals surface area (Å²) in [4.78, 5) is 0. The second kappa shape index (κ2) is 8.42. The molecule has 1 aromatic heterocycles. The lowest BCUT2D eigenvalue weighted by Gasteiger charge is -2.19. The predicted octanol–water partition coefficient (Wildman–Crippen LogP) is 2.84. The molecule has 5 heteroatoms.